The van der Waals surface area contributed by atoms with Crippen LogP contribution < -0.4 is 10.2 Å². The number of hydrogen-bond acceptors (Lipinski definition) is 3. The number of likely N-dealkylation sites (tertiary alicyclic amines) is 1. The number of piperidine rings is 1. The van der Waals surface area contributed by atoms with Crippen LogP contribution in [0.4, 0.5) is 0 Å². The number of hydrogen-bond donors (Lipinski definition) is 0. The molecule has 0 N–H and O–H groups in total. The van der Waals surface area contributed by atoms with Gasteiger partial charge in [0.1, 0.15) is 19.4 Å². The summed E-state index contributed by atoms with van der Waals surface area (Å²) in [4.78, 5) is 14.9. The third-order valence-corrected chi connectivity index (χ3v) is 5.68. The first-order chi connectivity index (χ1) is 11.7. The highest BCUT2D eigenvalue weighted by atomic mass is 16.5. The van der Waals surface area contributed by atoms with Crippen molar-refractivity contribution in [1.82, 2.24) is 4.90 Å². The Morgan fingerprint density at radius 2 is 2.00 bits per heavy atom. The molecule has 1 aromatic carbocycles. The van der Waals surface area contributed by atoms with Crippen molar-refractivity contribution < 1.29 is 9.53 Å². The van der Waals surface area contributed by atoms with E-state index in [-0.39, 0.29) is 16.7 Å². The van der Waals surface area contributed by atoms with Crippen molar-refractivity contribution in [1.29, 1.82) is 0 Å². The van der Waals surface area contributed by atoms with Gasteiger partial charge in [-0.2, -0.15) is 0 Å². The molecule has 2 heterocycles. The van der Waals surface area contributed by atoms with E-state index < -0.39 is 0 Å². The van der Waals surface area contributed by atoms with Crippen molar-refractivity contribution in [3.63, 3.8) is 0 Å². The monoisotopic (exact) mass is 339 g/mol. The van der Waals surface area contributed by atoms with Crippen molar-refractivity contribution in [2.24, 2.45) is 11.3 Å². The average molecular weight is 339 g/mol. The van der Waals surface area contributed by atoms with Crippen molar-refractivity contribution in [2.45, 2.75) is 52.4 Å². The number of ketones is 1. The Morgan fingerprint density at radius 3 is 2.64 bits per heavy atom. The second-order valence-electron chi connectivity index (χ2n) is 9.23. The van der Waals surface area contributed by atoms with E-state index in [4.69, 9.17) is 12.6 Å². The van der Waals surface area contributed by atoms with Crippen molar-refractivity contribution in [3.8, 4) is 5.75 Å². The number of benzene rings is 1. The molecule has 1 spiro atoms. The largest absolute Gasteiger partial charge is 0.492 e. The minimum Gasteiger partial charge on any atom is -0.492 e. The highest BCUT2D eigenvalue weighted by Crippen LogP contribution is 2.45. The van der Waals surface area contributed by atoms with Crippen LogP contribution in [0.3, 0.4) is 0 Å². The van der Waals surface area contributed by atoms with Crippen LogP contribution >= 0.6 is 0 Å². The molecule has 134 valence electrons. The number of nitrogens with zero attached hydrogens (tertiary/aromatic N) is 1. The zero-order chi connectivity index (χ0) is 18.2. The van der Waals surface area contributed by atoms with Gasteiger partial charge in [-0.25, -0.2) is 0 Å². The van der Waals surface area contributed by atoms with Crippen molar-refractivity contribution in [3.05, 3.63) is 23.8 Å². The molecule has 0 aromatic heterocycles. The van der Waals surface area contributed by atoms with E-state index in [1.54, 1.807) is 0 Å². The predicted molar refractivity (Wildman–Crippen MR) is 103 cm³/mol. The minimum absolute atomic E-state index is 0.0735. The van der Waals surface area contributed by atoms with Gasteiger partial charge in [0.25, 0.3) is 0 Å². The van der Waals surface area contributed by atoms with E-state index in [0.29, 0.717) is 12.2 Å². The number of ether oxygens (including phenoxy) is 1. The SMILES string of the molecule is [B]c1ccc2c(c1)OCC21CCN(CC(C)C(=O)CC(C)(C)C)CC1. The molecule has 1 atom stereocenters. The molecular formula is C21H30BNO2. The fourth-order valence-electron chi connectivity index (χ4n) is 4.15. The van der Waals surface area contributed by atoms with Gasteiger partial charge in [0, 0.05) is 29.9 Å². The van der Waals surface area contributed by atoms with E-state index in [1.807, 2.05) is 12.1 Å². The molecule has 25 heavy (non-hydrogen) atoms. The third kappa shape index (κ3) is 4.11. The first-order valence-electron chi connectivity index (χ1n) is 9.46. The lowest BCUT2D eigenvalue weighted by Crippen LogP contribution is -2.45. The molecule has 0 saturated carbocycles. The Bertz CT molecular complexity index is 642. The van der Waals surface area contributed by atoms with Gasteiger partial charge in [0.05, 0.1) is 6.61 Å². The Balaban J connectivity index is 1.57. The Morgan fingerprint density at radius 1 is 1.32 bits per heavy atom. The second kappa shape index (κ2) is 6.79. The molecule has 0 aliphatic carbocycles. The van der Waals surface area contributed by atoms with Gasteiger partial charge in [0.15, 0.2) is 0 Å². The molecule has 2 aliphatic heterocycles. The highest BCUT2D eigenvalue weighted by Gasteiger charge is 2.43. The topological polar surface area (TPSA) is 29.5 Å². The molecule has 0 amide bonds. The third-order valence-electron chi connectivity index (χ3n) is 5.68. The Kier molecular flexibility index (Phi) is 5.03. The smallest absolute Gasteiger partial charge is 0.137 e. The van der Waals surface area contributed by atoms with E-state index in [9.17, 15) is 4.79 Å². The summed E-state index contributed by atoms with van der Waals surface area (Å²) in [5.41, 5.74) is 2.29. The summed E-state index contributed by atoms with van der Waals surface area (Å²) in [7, 11) is 5.88. The lowest BCUT2D eigenvalue weighted by atomic mass is 9.73. The summed E-state index contributed by atoms with van der Waals surface area (Å²) >= 11 is 0. The summed E-state index contributed by atoms with van der Waals surface area (Å²) < 4.78 is 5.93. The summed E-state index contributed by atoms with van der Waals surface area (Å²) in [6, 6.07) is 6.07. The second-order valence-corrected chi connectivity index (χ2v) is 9.23. The van der Waals surface area contributed by atoms with Crippen LogP contribution in [0.25, 0.3) is 0 Å². The Labute approximate surface area is 153 Å². The first kappa shape index (κ1) is 18.5. The molecule has 3 nitrogen and oxygen atoms in total. The maximum absolute atomic E-state index is 12.4. The fraction of sp³-hybridized carbons (Fsp3) is 0.667. The van der Waals surface area contributed by atoms with Crippen LogP contribution in [0.1, 0.15) is 52.5 Å². The van der Waals surface area contributed by atoms with Gasteiger partial charge < -0.3 is 9.64 Å². The van der Waals surface area contributed by atoms with Gasteiger partial charge in [-0.15, -0.1) is 0 Å². The quantitative estimate of drug-likeness (QED) is 0.790. The molecule has 1 unspecified atom stereocenters. The number of carbonyl (C=O) groups is 1. The minimum atomic E-state index is 0.0735. The normalized spacial score (nSPS) is 21.0. The van der Waals surface area contributed by atoms with Gasteiger partial charge in [0.2, 0.25) is 0 Å². The van der Waals surface area contributed by atoms with E-state index >= 15 is 0 Å². The molecular weight excluding hydrogens is 309 g/mol. The van der Waals surface area contributed by atoms with E-state index in [2.05, 4.69) is 38.7 Å². The van der Waals surface area contributed by atoms with Crippen molar-refractivity contribution in [2.75, 3.05) is 26.2 Å². The van der Waals surface area contributed by atoms with Crippen LogP contribution in [0.2, 0.25) is 0 Å². The number of Topliss-reactive ketones (excluding diaryl/α,β-unsaturated/α-hetero) is 1. The zero-order valence-electron chi connectivity index (χ0n) is 16.1. The van der Waals surface area contributed by atoms with Gasteiger partial charge >= 0.3 is 0 Å². The highest BCUT2D eigenvalue weighted by molar-refractivity contribution is 6.32. The molecule has 1 fully saturated rings. The molecule has 3 rings (SSSR count). The Hall–Kier alpha value is -1.29. The summed E-state index contributed by atoms with van der Waals surface area (Å²) in [6.45, 7) is 12.2. The number of carbonyl (C=O) groups excluding carboxylic acids is 1. The van der Waals surface area contributed by atoms with Crippen LogP contribution in [0, 0.1) is 11.3 Å². The lowest BCUT2D eigenvalue weighted by molar-refractivity contribution is -0.124. The van der Waals surface area contributed by atoms with Crippen LogP contribution in [-0.2, 0) is 10.2 Å². The maximum atomic E-state index is 12.4. The summed E-state index contributed by atoms with van der Waals surface area (Å²) in [5, 5.41) is 0. The molecule has 1 saturated heterocycles. The summed E-state index contributed by atoms with van der Waals surface area (Å²) in [5.74, 6) is 1.46. The van der Waals surface area contributed by atoms with Crippen LogP contribution in [-0.4, -0.2) is 44.8 Å². The van der Waals surface area contributed by atoms with Crippen LogP contribution in [0.15, 0.2) is 18.2 Å². The molecule has 0 bridgehead atoms. The van der Waals surface area contributed by atoms with Gasteiger partial charge in [-0.1, -0.05) is 45.3 Å². The van der Waals surface area contributed by atoms with Crippen LogP contribution in [0.5, 0.6) is 5.75 Å². The molecule has 2 aliphatic rings. The molecule has 2 radical (unpaired) electrons. The van der Waals surface area contributed by atoms with Gasteiger partial charge in [-0.05, 0) is 37.4 Å². The maximum Gasteiger partial charge on any atom is 0.137 e. The average Bonchev–Trinajstić information content (AvgIpc) is 2.86. The predicted octanol–water partition coefficient (Wildman–Crippen LogP) is 2.85. The first-order valence-corrected chi connectivity index (χ1v) is 9.46. The van der Waals surface area contributed by atoms with E-state index in [0.717, 1.165) is 50.3 Å². The summed E-state index contributed by atoms with van der Waals surface area (Å²) in [6.07, 6.45) is 2.84. The van der Waals surface area contributed by atoms with Crippen molar-refractivity contribution >= 4 is 19.1 Å². The van der Waals surface area contributed by atoms with E-state index in [1.165, 1.54) is 5.56 Å². The fourth-order valence-corrected chi connectivity index (χ4v) is 4.15. The lowest BCUT2D eigenvalue weighted by Gasteiger charge is -2.39. The number of rotatable bonds is 4. The zero-order valence-corrected chi connectivity index (χ0v) is 16.1. The molecule has 1 aromatic rings. The standard InChI is InChI=1S/C21H30BNO2/c1-15(18(24)12-20(2,3)4)13-23-9-7-21(8-10-23)14-25-19-11-16(22)5-6-17(19)21/h5-6,11,15H,7-10,12-14H2,1-4H3. The van der Waals surface area contributed by atoms with Gasteiger partial charge in [-0.3, -0.25) is 4.79 Å². The number of fused-ring (bicyclic) bond motifs is 2. The molecule has 4 heteroatoms.